The van der Waals surface area contributed by atoms with Crippen LogP contribution in [0, 0.1) is 6.92 Å². The number of nitrogens with zero attached hydrogens (tertiary/aromatic N) is 2. The van der Waals surface area contributed by atoms with Crippen LogP contribution in [0.2, 0.25) is 0 Å². The second-order valence-corrected chi connectivity index (χ2v) is 5.06. The summed E-state index contributed by atoms with van der Waals surface area (Å²) >= 11 is 3.37. The Bertz CT molecular complexity index is 560. The molecule has 0 fully saturated rings. The van der Waals surface area contributed by atoms with Crippen LogP contribution in [0.3, 0.4) is 0 Å². The van der Waals surface area contributed by atoms with E-state index < -0.39 is 0 Å². The molecule has 2 rings (SSSR count). The predicted molar refractivity (Wildman–Crippen MR) is 74.4 cm³/mol. The smallest absolute Gasteiger partial charge is 0.229 e. The van der Waals surface area contributed by atoms with Gasteiger partial charge in [-0.05, 0) is 24.6 Å². The molecule has 0 radical (unpaired) electrons. The molecule has 0 aliphatic heterocycles. The first kappa shape index (κ1) is 12.8. The molecule has 0 spiro atoms. The summed E-state index contributed by atoms with van der Waals surface area (Å²) in [5.74, 6) is 0.676. The van der Waals surface area contributed by atoms with E-state index in [1.807, 2.05) is 44.3 Å². The molecule has 2 aromatic rings. The van der Waals surface area contributed by atoms with Gasteiger partial charge in [0, 0.05) is 17.6 Å². The van der Waals surface area contributed by atoms with Gasteiger partial charge in [0.15, 0.2) is 0 Å². The Balaban J connectivity index is 2.01. The molecule has 5 heteroatoms. The molecular weight excluding hydrogens is 294 g/mol. The highest BCUT2D eigenvalue weighted by atomic mass is 79.9. The molecule has 1 aromatic heterocycles. The standard InChI is InChI=1S/C13H14BrN3O/c1-9-7-12(17(2)16-9)15-13(18)8-10-3-5-11(14)6-4-10/h3-7H,8H2,1-2H3,(H,15,18). The Morgan fingerprint density at radius 2 is 2.06 bits per heavy atom. The van der Waals surface area contributed by atoms with Crippen LogP contribution >= 0.6 is 15.9 Å². The van der Waals surface area contributed by atoms with Crippen LogP contribution < -0.4 is 5.32 Å². The topological polar surface area (TPSA) is 46.9 Å². The summed E-state index contributed by atoms with van der Waals surface area (Å²) in [7, 11) is 1.81. The van der Waals surface area contributed by atoms with Crippen molar-refractivity contribution in [3.05, 3.63) is 46.1 Å². The van der Waals surface area contributed by atoms with E-state index in [4.69, 9.17) is 0 Å². The maximum atomic E-state index is 11.9. The maximum absolute atomic E-state index is 11.9. The Labute approximate surface area is 114 Å². The molecule has 0 aliphatic carbocycles. The van der Waals surface area contributed by atoms with Crippen LogP contribution in [0.25, 0.3) is 0 Å². The lowest BCUT2D eigenvalue weighted by atomic mass is 10.1. The monoisotopic (exact) mass is 307 g/mol. The molecule has 0 saturated heterocycles. The number of carbonyl (C=O) groups is 1. The van der Waals surface area contributed by atoms with E-state index in [0.717, 1.165) is 21.5 Å². The number of hydrogen-bond donors (Lipinski definition) is 1. The number of anilines is 1. The number of amides is 1. The summed E-state index contributed by atoms with van der Waals surface area (Å²) in [6.45, 7) is 1.89. The summed E-state index contributed by atoms with van der Waals surface area (Å²) in [6, 6.07) is 9.56. The van der Waals surface area contributed by atoms with Gasteiger partial charge < -0.3 is 5.32 Å². The van der Waals surface area contributed by atoms with Gasteiger partial charge in [0.25, 0.3) is 0 Å². The minimum atomic E-state index is -0.0414. The van der Waals surface area contributed by atoms with Gasteiger partial charge >= 0.3 is 0 Å². The molecule has 0 unspecified atom stereocenters. The highest BCUT2D eigenvalue weighted by Crippen LogP contribution is 2.12. The highest BCUT2D eigenvalue weighted by molar-refractivity contribution is 9.10. The van der Waals surface area contributed by atoms with Crippen LogP contribution in [0.4, 0.5) is 5.82 Å². The number of halogens is 1. The Morgan fingerprint density at radius 3 is 2.61 bits per heavy atom. The first-order valence-corrected chi connectivity index (χ1v) is 6.39. The highest BCUT2D eigenvalue weighted by Gasteiger charge is 2.07. The molecule has 1 amide bonds. The summed E-state index contributed by atoms with van der Waals surface area (Å²) < 4.78 is 2.67. The van der Waals surface area contributed by atoms with Crippen molar-refractivity contribution < 1.29 is 4.79 Å². The second-order valence-electron chi connectivity index (χ2n) is 4.15. The van der Waals surface area contributed by atoms with Crippen molar-refractivity contribution in [3.8, 4) is 0 Å². The summed E-state index contributed by atoms with van der Waals surface area (Å²) in [5.41, 5.74) is 1.87. The zero-order valence-electron chi connectivity index (χ0n) is 10.3. The van der Waals surface area contributed by atoms with Crippen molar-refractivity contribution >= 4 is 27.7 Å². The molecule has 1 aromatic carbocycles. The van der Waals surface area contributed by atoms with Gasteiger partial charge in [0.2, 0.25) is 5.91 Å². The third kappa shape index (κ3) is 3.20. The van der Waals surface area contributed by atoms with Crippen molar-refractivity contribution in [3.63, 3.8) is 0 Å². The fourth-order valence-electron chi connectivity index (χ4n) is 1.70. The van der Waals surface area contributed by atoms with Gasteiger partial charge in [0.05, 0.1) is 12.1 Å². The average molecular weight is 308 g/mol. The lowest BCUT2D eigenvalue weighted by Gasteiger charge is -2.05. The van der Waals surface area contributed by atoms with E-state index in [1.165, 1.54) is 0 Å². The SMILES string of the molecule is Cc1cc(NC(=O)Cc2ccc(Br)cc2)n(C)n1. The van der Waals surface area contributed by atoms with Crippen molar-refractivity contribution in [2.75, 3.05) is 5.32 Å². The minimum absolute atomic E-state index is 0.0414. The molecule has 0 aliphatic rings. The van der Waals surface area contributed by atoms with Gasteiger partial charge in [-0.3, -0.25) is 9.48 Å². The summed E-state index contributed by atoms with van der Waals surface area (Å²) in [4.78, 5) is 11.9. The number of hydrogen-bond acceptors (Lipinski definition) is 2. The molecular formula is C13H14BrN3O. The Kier molecular flexibility index (Phi) is 3.81. The Morgan fingerprint density at radius 1 is 1.39 bits per heavy atom. The third-order valence-corrected chi connectivity index (χ3v) is 3.08. The van der Waals surface area contributed by atoms with Crippen molar-refractivity contribution in [2.45, 2.75) is 13.3 Å². The zero-order chi connectivity index (χ0) is 13.1. The minimum Gasteiger partial charge on any atom is -0.311 e. The molecule has 0 atom stereocenters. The number of nitrogens with one attached hydrogen (secondary N) is 1. The molecule has 0 bridgehead atoms. The first-order chi connectivity index (χ1) is 8.54. The van der Waals surface area contributed by atoms with Gasteiger partial charge in [-0.2, -0.15) is 5.10 Å². The molecule has 1 N–H and O–H groups in total. The van der Waals surface area contributed by atoms with E-state index in [-0.39, 0.29) is 5.91 Å². The molecule has 1 heterocycles. The number of benzene rings is 1. The van der Waals surface area contributed by atoms with Crippen molar-refractivity contribution in [1.82, 2.24) is 9.78 Å². The lowest BCUT2D eigenvalue weighted by Crippen LogP contribution is -2.16. The van der Waals surface area contributed by atoms with E-state index in [0.29, 0.717) is 6.42 Å². The van der Waals surface area contributed by atoms with Crippen LogP contribution in [-0.2, 0) is 18.3 Å². The number of rotatable bonds is 3. The van der Waals surface area contributed by atoms with Gasteiger partial charge in [-0.15, -0.1) is 0 Å². The van der Waals surface area contributed by atoms with Crippen LogP contribution in [0.1, 0.15) is 11.3 Å². The average Bonchev–Trinajstić information content (AvgIpc) is 2.61. The molecule has 0 saturated carbocycles. The maximum Gasteiger partial charge on any atom is 0.229 e. The number of carbonyl (C=O) groups excluding carboxylic acids is 1. The van der Waals surface area contributed by atoms with Crippen LogP contribution in [0.15, 0.2) is 34.8 Å². The Hall–Kier alpha value is -1.62. The van der Waals surface area contributed by atoms with Gasteiger partial charge in [-0.1, -0.05) is 28.1 Å². The summed E-state index contributed by atoms with van der Waals surface area (Å²) in [5, 5.41) is 7.02. The van der Waals surface area contributed by atoms with E-state index >= 15 is 0 Å². The van der Waals surface area contributed by atoms with E-state index in [2.05, 4.69) is 26.3 Å². The normalized spacial score (nSPS) is 10.4. The second kappa shape index (κ2) is 5.35. The summed E-state index contributed by atoms with van der Waals surface area (Å²) in [6.07, 6.45) is 0.359. The predicted octanol–water partition coefficient (Wildman–Crippen LogP) is 2.67. The zero-order valence-corrected chi connectivity index (χ0v) is 11.9. The first-order valence-electron chi connectivity index (χ1n) is 5.59. The molecule has 94 valence electrons. The molecule has 4 nitrogen and oxygen atoms in total. The lowest BCUT2D eigenvalue weighted by molar-refractivity contribution is -0.115. The van der Waals surface area contributed by atoms with Gasteiger partial charge in [0.1, 0.15) is 5.82 Å². The fraction of sp³-hybridized carbons (Fsp3) is 0.231. The van der Waals surface area contributed by atoms with Crippen molar-refractivity contribution in [2.24, 2.45) is 7.05 Å². The fourth-order valence-corrected chi connectivity index (χ4v) is 1.97. The number of aryl methyl sites for hydroxylation is 2. The van der Waals surface area contributed by atoms with E-state index in [9.17, 15) is 4.79 Å². The quantitative estimate of drug-likeness (QED) is 0.947. The van der Waals surface area contributed by atoms with Crippen LogP contribution in [0.5, 0.6) is 0 Å². The van der Waals surface area contributed by atoms with Crippen molar-refractivity contribution in [1.29, 1.82) is 0 Å². The van der Waals surface area contributed by atoms with Crippen LogP contribution in [-0.4, -0.2) is 15.7 Å². The number of aromatic nitrogens is 2. The largest absolute Gasteiger partial charge is 0.311 e. The molecule has 18 heavy (non-hydrogen) atoms. The van der Waals surface area contributed by atoms with E-state index in [1.54, 1.807) is 4.68 Å². The van der Waals surface area contributed by atoms with Gasteiger partial charge in [-0.25, -0.2) is 0 Å². The third-order valence-electron chi connectivity index (χ3n) is 2.55.